The highest BCUT2D eigenvalue weighted by Crippen LogP contribution is 2.36. The SMILES string of the molecule is CCc1nc2c(s1)C(Nc1ccc(N(C)CCO)cc1)CCC2. The number of anilines is 2. The van der Waals surface area contributed by atoms with Crippen molar-refractivity contribution in [3.63, 3.8) is 0 Å². The second-order valence-corrected chi connectivity index (χ2v) is 7.17. The van der Waals surface area contributed by atoms with Crippen molar-refractivity contribution in [1.29, 1.82) is 0 Å². The Hall–Kier alpha value is -1.59. The fourth-order valence-electron chi connectivity index (χ4n) is 3.05. The van der Waals surface area contributed by atoms with Gasteiger partial charge >= 0.3 is 0 Å². The molecule has 0 amide bonds. The highest BCUT2D eigenvalue weighted by Gasteiger charge is 2.24. The molecule has 5 heteroatoms. The normalized spacial score (nSPS) is 16.9. The summed E-state index contributed by atoms with van der Waals surface area (Å²) in [5, 5.41) is 14.0. The summed E-state index contributed by atoms with van der Waals surface area (Å²) >= 11 is 1.87. The van der Waals surface area contributed by atoms with Crippen LogP contribution < -0.4 is 10.2 Å². The molecule has 1 atom stereocenters. The van der Waals surface area contributed by atoms with Gasteiger partial charge in [-0.25, -0.2) is 4.98 Å². The Morgan fingerprint density at radius 2 is 2.13 bits per heavy atom. The zero-order chi connectivity index (χ0) is 16.2. The monoisotopic (exact) mass is 331 g/mol. The third-order valence-electron chi connectivity index (χ3n) is 4.38. The predicted octanol–water partition coefficient (Wildman–Crippen LogP) is 3.62. The van der Waals surface area contributed by atoms with Crippen LogP contribution in [-0.4, -0.2) is 30.3 Å². The van der Waals surface area contributed by atoms with Crippen LogP contribution in [0.2, 0.25) is 0 Å². The molecule has 2 N–H and O–H groups in total. The molecular formula is C18H25N3OS. The van der Waals surface area contributed by atoms with E-state index in [2.05, 4.69) is 41.4 Å². The first-order chi connectivity index (χ1) is 11.2. The van der Waals surface area contributed by atoms with Gasteiger partial charge in [-0.3, -0.25) is 0 Å². The molecular weight excluding hydrogens is 306 g/mol. The summed E-state index contributed by atoms with van der Waals surface area (Å²) < 4.78 is 0. The summed E-state index contributed by atoms with van der Waals surface area (Å²) in [5.41, 5.74) is 3.57. The fourth-order valence-corrected chi connectivity index (χ4v) is 4.19. The van der Waals surface area contributed by atoms with E-state index >= 15 is 0 Å². The van der Waals surface area contributed by atoms with Crippen molar-refractivity contribution in [3.8, 4) is 0 Å². The molecule has 0 aliphatic heterocycles. The van der Waals surface area contributed by atoms with E-state index in [0.717, 1.165) is 24.2 Å². The second-order valence-electron chi connectivity index (χ2n) is 6.05. The molecule has 3 rings (SSSR count). The number of fused-ring (bicyclic) bond motifs is 1. The molecule has 23 heavy (non-hydrogen) atoms. The summed E-state index contributed by atoms with van der Waals surface area (Å²) in [6.07, 6.45) is 4.52. The van der Waals surface area contributed by atoms with Crippen molar-refractivity contribution >= 4 is 22.7 Å². The van der Waals surface area contributed by atoms with E-state index in [0.29, 0.717) is 12.6 Å². The minimum absolute atomic E-state index is 0.173. The van der Waals surface area contributed by atoms with E-state index in [1.165, 1.54) is 28.4 Å². The maximum absolute atomic E-state index is 9.03. The molecule has 1 aromatic carbocycles. The smallest absolute Gasteiger partial charge is 0.0929 e. The number of benzene rings is 1. The molecule has 0 spiro atoms. The van der Waals surface area contributed by atoms with E-state index < -0.39 is 0 Å². The van der Waals surface area contributed by atoms with Crippen LogP contribution in [0.4, 0.5) is 11.4 Å². The number of hydrogen-bond donors (Lipinski definition) is 2. The zero-order valence-electron chi connectivity index (χ0n) is 13.9. The van der Waals surface area contributed by atoms with Crippen molar-refractivity contribution in [3.05, 3.63) is 39.8 Å². The standard InChI is InChI=1S/C18H25N3OS/c1-3-17-20-16-6-4-5-15(18(16)23-17)19-13-7-9-14(10-8-13)21(2)11-12-22/h7-10,15,19,22H,3-6,11-12H2,1-2H3. The van der Waals surface area contributed by atoms with Crippen LogP contribution in [0.1, 0.15) is 41.4 Å². The summed E-state index contributed by atoms with van der Waals surface area (Å²) in [6, 6.07) is 8.84. The lowest BCUT2D eigenvalue weighted by atomic mass is 9.98. The Morgan fingerprint density at radius 3 is 2.83 bits per heavy atom. The van der Waals surface area contributed by atoms with Crippen LogP contribution in [0.25, 0.3) is 0 Å². The summed E-state index contributed by atoms with van der Waals surface area (Å²) in [5.74, 6) is 0. The average molecular weight is 331 g/mol. The van der Waals surface area contributed by atoms with Gasteiger partial charge in [0.1, 0.15) is 0 Å². The number of aryl methyl sites for hydroxylation is 2. The van der Waals surface area contributed by atoms with Crippen LogP contribution in [-0.2, 0) is 12.8 Å². The van der Waals surface area contributed by atoms with E-state index in [1.807, 2.05) is 18.4 Å². The lowest BCUT2D eigenvalue weighted by molar-refractivity contribution is 0.304. The first kappa shape index (κ1) is 16.3. The van der Waals surface area contributed by atoms with Gasteiger partial charge in [0.15, 0.2) is 0 Å². The quantitative estimate of drug-likeness (QED) is 0.849. The number of nitrogens with one attached hydrogen (secondary N) is 1. The maximum atomic E-state index is 9.03. The van der Waals surface area contributed by atoms with Gasteiger partial charge in [-0.15, -0.1) is 11.3 Å². The third kappa shape index (κ3) is 3.67. The second kappa shape index (κ2) is 7.32. The summed E-state index contributed by atoms with van der Waals surface area (Å²) in [4.78, 5) is 8.25. The Balaban J connectivity index is 1.72. The minimum Gasteiger partial charge on any atom is -0.395 e. The molecule has 1 aromatic heterocycles. The van der Waals surface area contributed by atoms with Crippen LogP contribution in [0.3, 0.4) is 0 Å². The third-order valence-corrected chi connectivity index (χ3v) is 5.74. The topological polar surface area (TPSA) is 48.4 Å². The highest BCUT2D eigenvalue weighted by molar-refractivity contribution is 7.11. The number of thiazole rings is 1. The minimum atomic E-state index is 0.173. The Bertz CT molecular complexity index is 638. The Labute approximate surface area is 142 Å². The number of hydrogen-bond acceptors (Lipinski definition) is 5. The van der Waals surface area contributed by atoms with Gasteiger partial charge in [0, 0.05) is 25.0 Å². The molecule has 124 valence electrons. The Kier molecular flexibility index (Phi) is 5.18. The summed E-state index contributed by atoms with van der Waals surface area (Å²) in [6.45, 7) is 3.00. The van der Waals surface area contributed by atoms with Crippen molar-refractivity contribution in [2.75, 3.05) is 30.4 Å². The lowest BCUT2D eigenvalue weighted by Crippen LogP contribution is -2.21. The molecule has 1 heterocycles. The van der Waals surface area contributed by atoms with E-state index in [4.69, 9.17) is 10.1 Å². The van der Waals surface area contributed by atoms with Gasteiger partial charge in [-0.2, -0.15) is 0 Å². The van der Waals surface area contributed by atoms with E-state index in [9.17, 15) is 0 Å². The number of aliphatic hydroxyl groups excluding tert-OH is 1. The molecule has 0 bridgehead atoms. The van der Waals surface area contributed by atoms with E-state index in [-0.39, 0.29) is 6.61 Å². The molecule has 0 radical (unpaired) electrons. The number of rotatable bonds is 6. The molecule has 0 saturated heterocycles. The highest BCUT2D eigenvalue weighted by atomic mass is 32.1. The van der Waals surface area contributed by atoms with Crippen molar-refractivity contribution in [2.45, 2.75) is 38.6 Å². The van der Waals surface area contributed by atoms with Crippen LogP contribution in [0.15, 0.2) is 24.3 Å². The molecule has 0 saturated carbocycles. The van der Waals surface area contributed by atoms with Crippen molar-refractivity contribution in [2.24, 2.45) is 0 Å². The van der Waals surface area contributed by atoms with Gasteiger partial charge in [0.05, 0.1) is 28.2 Å². The van der Waals surface area contributed by atoms with Crippen molar-refractivity contribution < 1.29 is 5.11 Å². The van der Waals surface area contributed by atoms with Crippen LogP contribution in [0.5, 0.6) is 0 Å². The zero-order valence-corrected chi connectivity index (χ0v) is 14.7. The first-order valence-corrected chi connectivity index (χ1v) is 9.20. The lowest BCUT2D eigenvalue weighted by Gasteiger charge is -2.24. The van der Waals surface area contributed by atoms with E-state index in [1.54, 1.807) is 0 Å². The van der Waals surface area contributed by atoms with Gasteiger partial charge in [-0.05, 0) is 49.9 Å². The fraction of sp³-hybridized carbons (Fsp3) is 0.500. The largest absolute Gasteiger partial charge is 0.395 e. The van der Waals surface area contributed by atoms with Gasteiger partial charge in [0.2, 0.25) is 0 Å². The number of aromatic nitrogens is 1. The molecule has 1 unspecified atom stereocenters. The average Bonchev–Trinajstić information content (AvgIpc) is 3.00. The number of nitrogens with zero attached hydrogens (tertiary/aromatic N) is 2. The van der Waals surface area contributed by atoms with Gasteiger partial charge in [0.25, 0.3) is 0 Å². The molecule has 1 aliphatic rings. The molecule has 2 aromatic rings. The van der Waals surface area contributed by atoms with Crippen molar-refractivity contribution in [1.82, 2.24) is 4.98 Å². The predicted molar refractivity (Wildman–Crippen MR) is 97.6 cm³/mol. The molecule has 4 nitrogen and oxygen atoms in total. The van der Waals surface area contributed by atoms with Gasteiger partial charge < -0.3 is 15.3 Å². The first-order valence-electron chi connectivity index (χ1n) is 8.38. The molecule has 0 fully saturated rings. The van der Waals surface area contributed by atoms with Crippen LogP contribution in [0, 0.1) is 0 Å². The molecule has 1 aliphatic carbocycles. The maximum Gasteiger partial charge on any atom is 0.0929 e. The van der Waals surface area contributed by atoms with Crippen LogP contribution >= 0.6 is 11.3 Å². The Morgan fingerprint density at radius 1 is 1.35 bits per heavy atom. The number of likely N-dealkylation sites (N-methyl/N-ethyl adjacent to an activating group) is 1. The van der Waals surface area contributed by atoms with Gasteiger partial charge in [-0.1, -0.05) is 6.92 Å². The number of aliphatic hydroxyl groups is 1. The summed E-state index contributed by atoms with van der Waals surface area (Å²) in [7, 11) is 2.00.